The molecule has 5 nitrogen and oxygen atoms in total. The number of halogens is 1. The van der Waals surface area contributed by atoms with Crippen LogP contribution in [0.3, 0.4) is 0 Å². The highest BCUT2D eigenvalue weighted by atomic mass is 79.9. The summed E-state index contributed by atoms with van der Waals surface area (Å²) in [6, 6.07) is 10.1. The predicted molar refractivity (Wildman–Crippen MR) is 84.4 cm³/mol. The fourth-order valence-electron chi connectivity index (χ4n) is 1.74. The molecule has 0 saturated carbocycles. The molecule has 2 rings (SSSR count). The van der Waals surface area contributed by atoms with Gasteiger partial charge in [-0.3, -0.25) is 0 Å². The third-order valence-electron chi connectivity index (χ3n) is 2.81. The van der Waals surface area contributed by atoms with Crippen LogP contribution in [0.2, 0.25) is 0 Å². The number of aryl methyl sites for hydroxylation is 1. The monoisotopic (exact) mass is 355 g/mol. The molecule has 0 aliphatic heterocycles. The quantitative estimate of drug-likeness (QED) is 0.737. The first-order valence-electron chi connectivity index (χ1n) is 5.73. The average Bonchev–Trinajstić information content (AvgIpc) is 2.33. The first kappa shape index (κ1) is 14.8. The summed E-state index contributed by atoms with van der Waals surface area (Å²) < 4.78 is 23.5. The minimum absolute atomic E-state index is 0.00641. The standard InChI is InChI=1S/C13H14BrN3O2S/c1-8-6-9(14)2-4-12(8)17-13-5-3-10(7-11(13)15)20(16,18)19/h2-7,17H,15H2,1H3,(H2,16,18,19). The van der Waals surface area contributed by atoms with Gasteiger partial charge in [0, 0.05) is 10.2 Å². The topological polar surface area (TPSA) is 98.2 Å². The minimum Gasteiger partial charge on any atom is -0.397 e. The van der Waals surface area contributed by atoms with Crippen molar-refractivity contribution in [1.29, 1.82) is 0 Å². The Labute approximate surface area is 126 Å². The van der Waals surface area contributed by atoms with Gasteiger partial charge in [-0.25, -0.2) is 13.6 Å². The van der Waals surface area contributed by atoms with Gasteiger partial charge in [0.2, 0.25) is 10.0 Å². The van der Waals surface area contributed by atoms with Crippen molar-refractivity contribution in [2.24, 2.45) is 5.14 Å². The highest BCUT2D eigenvalue weighted by Gasteiger charge is 2.10. The lowest BCUT2D eigenvalue weighted by molar-refractivity contribution is 0.598. The fourth-order valence-corrected chi connectivity index (χ4v) is 2.77. The van der Waals surface area contributed by atoms with E-state index in [1.165, 1.54) is 12.1 Å². The fraction of sp³-hybridized carbons (Fsp3) is 0.0769. The van der Waals surface area contributed by atoms with Crippen LogP contribution in [-0.4, -0.2) is 8.42 Å². The Bertz CT molecular complexity index is 760. The van der Waals surface area contributed by atoms with Crippen molar-refractivity contribution in [3.63, 3.8) is 0 Å². The van der Waals surface area contributed by atoms with Gasteiger partial charge in [0.15, 0.2) is 0 Å². The van der Waals surface area contributed by atoms with E-state index in [1.54, 1.807) is 6.07 Å². The number of benzene rings is 2. The number of hydrogen-bond acceptors (Lipinski definition) is 4. The van der Waals surface area contributed by atoms with E-state index in [1.807, 2.05) is 25.1 Å². The number of nitrogens with two attached hydrogens (primary N) is 2. The molecule has 20 heavy (non-hydrogen) atoms. The normalized spacial score (nSPS) is 11.3. The molecule has 2 aromatic rings. The van der Waals surface area contributed by atoms with Gasteiger partial charge >= 0.3 is 0 Å². The molecule has 2 aromatic carbocycles. The largest absolute Gasteiger partial charge is 0.397 e. The summed E-state index contributed by atoms with van der Waals surface area (Å²) in [5.74, 6) is 0. The van der Waals surface area contributed by atoms with Gasteiger partial charge in [-0.1, -0.05) is 15.9 Å². The summed E-state index contributed by atoms with van der Waals surface area (Å²) in [5.41, 5.74) is 8.73. The lowest BCUT2D eigenvalue weighted by atomic mass is 10.2. The first-order chi connectivity index (χ1) is 9.27. The Kier molecular flexibility index (Phi) is 4.03. The molecule has 0 spiro atoms. The lowest BCUT2D eigenvalue weighted by Gasteiger charge is -2.12. The molecule has 0 amide bonds. The van der Waals surface area contributed by atoms with Crippen molar-refractivity contribution in [2.75, 3.05) is 11.1 Å². The Morgan fingerprint density at radius 1 is 1.10 bits per heavy atom. The van der Waals surface area contributed by atoms with Crippen LogP contribution >= 0.6 is 15.9 Å². The molecule has 7 heteroatoms. The molecular formula is C13H14BrN3O2S. The highest BCUT2D eigenvalue weighted by molar-refractivity contribution is 9.10. The van der Waals surface area contributed by atoms with Crippen LogP contribution in [0.5, 0.6) is 0 Å². The van der Waals surface area contributed by atoms with Gasteiger partial charge in [0.1, 0.15) is 0 Å². The Morgan fingerprint density at radius 2 is 1.75 bits per heavy atom. The summed E-state index contributed by atoms with van der Waals surface area (Å²) in [6.45, 7) is 1.96. The van der Waals surface area contributed by atoms with Crippen molar-refractivity contribution < 1.29 is 8.42 Å². The zero-order valence-corrected chi connectivity index (χ0v) is 13.1. The number of hydrogen-bond donors (Lipinski definition) is 3. The number of sulfonamides is 1. The number of nitrogen functional groups attached to an aromatic ring is 1. The second kappa shape index (κ2) is 5.43. The minimum atomic E-state index is -3.74. The Hall–Kier alpha value is -1.57. The van der Waals surface area contributed by atoms with Crippen molar-refractivity contribution >= 4 is 43.0 Å². The number of anilines is 3. The van der Waals surface area contributed by atoms with Gasteiger partial charge in [-0.05, 0) is 48.9 Å². The van der Waals surface area contributed by atoms with Gasteiger partial charge in [-0.2, -0.15) is 0 Å². The predicted octanol–water partition coefficient (Wildman–Crippen LogP) is 2.73. The molecule has 0 aliphatic rings. The van der Waals surface area contributed by atoms with E-state index < -0.39 is 10.0 Å². The van der Waals surface area contributed by atoms with Crippen LogP contribution in [0.4, 0.5) is 17.1 Å². The van der Waals surface area contributed by atoms with Crippen LogP contribution in [0.15, 0.2) is 45.8 Å². The number of nitrogens with one attached hydrogen (secondary N) is 1. The summed E-state index contributed by atoms with van der Waals surface area (Å²) in [6.07, 6.45) is 0. The van der Waals surface area contributed by atoms with Gasteiger partial charge in [0.05, 0.1) is 16.3 Å². The van der Waals surface area contributed by atoms with E-state index >= 15 is 0 Å². The molecule has 0 bridgehead atoms. The molecule has 0 saturated heterocycles. The van der Waals surface area contributed by atoms with Gasteiger partial charge < -0.3 is 11.1 Å². The molecule has 0 aromatic heterocycles. The van der Waals surface area contributed by atoms with Crippen molar-refractivity contribution in [3.05, 3.63) is 46.4 Å². The zero-order chi connectivity index (χ0) is 14.9. The van der Waals surface area contributed by atoms with Crippen LogP contribution in [0, 0.1) is 6.92 Å². The lowest BCUT2D eigenvalue weighted by Crippen LogP contribution is -2.12. The van der Waals surface area contributed by atoms with Crippen molar-refractivity contribution in [1.82, 2.24) is 0 Å². The van der Waals surface area contributed by atoms with Crippen LogP contribution in [0.25, 0.3) is 0 Å². The average molecular weight is 356 g/mol. The van der Waals surface area contributed by atoms with Gasteiger partial charge in [0.25, 0.3) is 0 Å². The van der Waals surface area contributed by atoms with Crippen LogP contribution < -0.4 is 16.2 Å². The maximum absolute atomic E-state index is 11.2. The van der Waals surface area contributed by atoms with E-state index in [4.69, 9.17) is 10.9 Å². The van der Waals surface area contributed by atoms with E-state index in [-0.39, 0.29) is 4.90 Å². The smallest absolute Gasteiger partial charge is 0.238 e. The van der Waals surface area contributed by atoms with E-state index in [2.05, 4.69) is 21.2 Å². The molecule has 0 atom stereocenters. The molecule has 0 radical (unpaired) electrons. The summed E-state index contributed by atoms with van der Waals surface area (Å²) >= 11 is 3.39. The SMILES string of the molecule is Cc1cc(Br)ccc1Nc1ccc(S(N)(=O)=O)cc1N. The Balaban J connectivity index is 2.35. The van der Waals surface area contributed by atoms with Crippen molar-refractivity contribution in [3.8, 4) is 0 Å². The van der Waals surface area contributed by atoms with E-state index in [0.29, 0.717) is 11.4 Å². The number of rotatable bonds is 3. The Morgan fingerprint density at radius 3 is 2.30 bits per heavy atom. The number of primary sulfonamides is 1. The summed E-state index contributed by atoms with van der Waals surface area (Å²) in [4.78, 5) is -0.00641. The molecule has 106 valence electrons. The summed E-state index contributed by atoms with van der Waals surface area (Å²) in [7, 11) is -3.74. The van der Waals surface area contributed by atoms with E-state index in [9.17, 15) is 8.42 Å². The molecule has 0 heterocycles. The molecule has 5 N–H and O–H groups in total. The molecule has 0 unspecified atom stereocenters. The molecule has 0 aliphatic carbocycles. The second-order valence-electron chi connectivity index (χ2n) is 4.38. The highest BCUT2D eigenvalue weighted by Crippen LogP contribution is 2.28. The second-order valence-corrected chi connectivity index (χ2v) is 6.86. The zero-order valence-electron chi connectivity index (χ0n) is 10.7. The first-order valence-corrected chi connectivity index (χ1v) is 8.07. The summed E-state index contributed by atoms with van der Waals surface area (Å²) in [5, 5.41) is 8.22. The maximum Gasteiger partial charge on any atom is 0.238 e. The van der Waals surface area contributed by atoms with Crippen molar-refractivity contribution in [2.45, 2.75) is 11.8 Å². The maximum atomic E-state index is 11.2. The molecule has 0 fully saturated rings. The van der Waals surface area contributed by atoms with Crippen LogP contribution in [0.1, 0.15) is 5.56 Å². The van der Waals surface area contributed by atoms with Crippen LogP contribution in [-0.2, 0) is 10.0 Å². The third kappa shape index (κ3) is 3.30. The van der Waals surface area contributed by atoms with Gasteiger partial charge in [-0.15, -0.1) is 0 Å². The third-order valence-corrected chi connectivity index (χ3v) is 4.21. The molecular weight excluding hydrogens is 342 g/mol. The van der Waals surface area contributed by atoms with E-state index in [0.717, 1.165) is 15.7 Å².